The van der Waals surface area contributed by atoms with E-state index in [1.54, 1.807) is 38.3 Å². The van der Waals surface area contributed by atoms with Crippen molar-refractivity contribution < 1.29 is 19.0 Å². The molecule has 8 heteroatoms. The maximum atomic E-state index is 11.6. The second kappa shape index (κ2) is 10.9. The molecule has 0 aliphatic heterocycles. The molecule has 0 atom stereocenters. The molecular formula is C20H23N3O4S. The molecule has 0 aliphatic carbocycles. The molecule has 2 aromatic rings. The molecule has 0 spiro atoms. The number of para-hydroxylation sites is 1. The second-order valence-corrected chi connectivity index (χ2v) is 6.34. The number of thiocarbonyl (C=S) groups is 1. The van der Waals surface area contributed by atoms with Crippen molar-refractivity contribution >= 4 is 35.2 Å². The van der Waals surface area contributed by atoms with E-state index in [0.29, 0.717) is 16.6 Å². The van der Waals surface area contributed by atoms with Crippen LogP contribution in [0.5, 0.6) is 11.5 Å². The molecule has 0 saturated heterocycles. The third kappa shape index (κ3) is 7.24. The van der Waals surface area contributed by atoms with Gasteiger partial charge in [-0.3, -0.25) is 5.43 Å². The number of hydrazone groups is 1. The van der Waals surface area contributed by atoms with Crippen molar-refractivity contribution in [2.45, 2.75) is 20.0 Å². The van der Waals surface area contributed by atoms with Crippen molar-refractivity contribution in [1.29, 1.82) is 0 Å². The number of carbonyl (C=O) groups is 1. The third-order valence-corrected chi connectivity index (χ3v) is 3.51. The average Bonchev–Trinajstić information content (AvgIpc) is 2.67. The lowest BCUT2D eigenvalue weighted by molar-refractivity contribution is -0.149. The molecule has 7 nitrogen and oxygen atoms in total. The summed E-state index contributed by atoms with van der Waals surface area (Å²) in [5.74, 6) is 0.479. The summed E-state index contributed by atoms with van der Waals surface area (Å²) < 4.78 is 15.8. The van der Waals surface area contributed by atoms with Gasteiger partial charge in [-0.05, 0) is 62.0 Å². The fraction of sp³-hybridized carbons (Fsp3) is 0.250. The van der Waals surface area contributed by atoms with Gasteiger partial charge in [0.25, 0.3) is 0 Å². The van der Waals surface area contributed by atoms with Gasteiger partial charge in [-0.15, -0.1) is 0 Å². The molecule has 0 fully saturated rings. The van der Waals surface area contributed by atoms with Crippen LogP contribution in [0.1, 0.15) is 19.4 Å². The van der Waals surface area contributed by atoms with Gasteiger partial charge < -0.3 is 19.5 Å². The first kappa shape index (κ1) is 21.2. The number of methoxy groups -OCH3 is 1. The highest BCUT2D eigenvalue weighted by atomic mass is 32.1. The standard InChI is InChI=1S/C20H23N3O4S/c1-14(2)27-19(24)13-26-17-10-9-15(11-18(17)25-3)12-21-23-20(28)22-16-7-5-4-6-8-16/h4-12,14H,13H2,1-3H3,(H2,22,23,28)/b21-12+. The first-order chi connectivity index (χ1) is 13.5. The Hall–Kier alpha value is -3.13. The Morgan fingerprint density at radius 3 is 2.61 bits per heavy atom. The molecule has 0 aliphatic rings. The van der Waals surface area contributed by atoms with Crippen LogP contribution in [0.4, 0.5) is 5.69 Å². The first-order valence-electron chi connectivity index (χ1n) is 8.63. The molecule has 0 heterocycles. The number of hydrogen-bond acceptors (Lipinski definition) is 6. The van der Waals surface area contributed by atoms with E-state index in [2.05, 4.69) is 15.8 Å². The number of ether oxygens (including phenoxy) is 3. The third-order valence-electron chi connectivity index (χ3n) is 3.31. The molecule has 0 amide bonds. The van der Waals surface area contributed by atoms with Crippen LogP contribution in [0.2, 0.25) is 0 Å². The van der Waals surface area contributed by atoms with Gasteiger partial charge in [0, 0.05) is 5.69 Å². The molecule has 0 unspecified atom stereocenters. The Balaban J connectivity index is 1.90. The number of anilines is 1. The largest absolute Gasteiger partial charge is 0.493 e. The molecule has 0 bridgehead atoms. The fourth-order valence-electron chi connectivity index (χ4n) is 2.16. The predicted molar refractivity (Wildman–Crippen MR) is 113 cm³/mol. The number of hydrogen-bond donors (Lipinski definition) is 2. The molecule has 148 valence electrons. The van der Waals surface area contributed by atoms with Crippen LogP contribution >= 0.6 is 12.2 Å². The maximum absolute atomic E-state index is 11.6. The highest BCUT2D eigenvalue weighted by Crippen LogP contribution is 2.27. The molecule has 0 saturated carbocycles. The zero-order valence-electron chi connectivity index (χ0n) is 16.0. The molecule has 0 radical (unpaired) electrons. The van der Waals surface area contributed by atoms with Crippen molar-refractivity contribution in [1.82, 2.24) is 5.43 Å². The number of nitrogens with zero attached hydrogens (tertiary/aromatic N) is 1. The minimum atomic E-state index is -0.439. The minimum absolute atomic E-state index is 0.188. The number of esters is 1. The Bertz CT molecular complexity index is 825. The van der Waals surface area contributed by atoms with Gasteiger partial charge in [0.2, 0.25) is 0 Å². The van der Waals surface area contributed by atoms with Crippen LogP contribution in [0, 0.1) is 0 Å². The van der Waals surface area contributed by atoms with Gasteiger partial charge in [-0.2, -0.15) is 5.10 Å². The average molecular weight is 401 g/mol. The molecule has 2 rings (SSSR count). The van der Waals surface area contributed by atoms with Crippen molar-refractivity contribution in [2.24, 2.45) is 5.10 Å². The lowest BCUT2D eigenvalue weighted by Crippen LogP contribution is -2.23. The van der Waals surface area contributed by atoms with Gasteiger partial charge in [0.05, 0.1) is 19.4 Å². The van der Waals surface area contributed by atoms with Crippen molar-refractivity contribution in [2.75, 3.05) is 19.0 Å². The summed E-state index contributed by atoms with van der Waals surface area (Å²) in [5, 5.41) is 7.49. The second-order valence-electron chi connectivity index (χ2n) is 5.93. The molecule has 2 N–H and O–H groups in total. The normalized spacial score (nSPS) is 10.6. The van der Waals surface area contributed by atoms with E-state index in [9.17, 15) is 4.79 Å². The summed E-state index contributed by atoms with van der Waals surface area (Å²) in [6.45, 7) is 3.37. The van der Waals surface area contributed by atoms with Crippen molar-refractivity contribution in [3.63, 3.8) is 0 Å². The summed E-state index contributed by atoms with van der Waals surface area (Å²) in [4.78, 5) is 11.6. The zero-order chi connectivity index (χ0) is 20.4. The maximum Gasteiger partial charge on any atom is 0.344 e. The summed E-state index contributed by atoms with van der Waals surface area (Å²) in [5.41, 5.74) is 4.38. The predicted octanol–water partition coefficient (Wildman–Crippen LogP) is 3.35. The summed E-state index contributed by atoms with van der Waals surface area (Å²) in [6.07, 6.45) is 1.41. The zero-order valence-corrected chi connectivity index (χ0v) is 16.8. The van der Waals surface area contributed by atoms with E-state index in [-0.39, 0.29) is 12.7 Å². The highest BCUT2D eigenvalue weighted by Gasteiger charge is 2.10. The Morgan fingerprint density at radius 1 is 1.18 bits per heavy atom. The highest BCUT2D eigenvalue weighted by molar-refractivity contribution is 7.80. The van der Waals surface area contributed by atoms with Gasteiger partial charge >= 0.3 is 5.97 Å². The SMILES string of the molecule is COc1cc(/C=N/NC(=S)Nc2ccccc2)ccc1OCC(=O)OC(C)C. The van der Waals surface area contributed by atoms with Gasteiger partial charge in [-0.1, -0.05) is 18.2 Å². The monoisotopic (exact) mass is 401 g/mol. The van der Waals surface area contributed by atoms with Gasteiger partial charge in [0.15, 0.2) is 23.2 Å². The molecule has 0 aromatic heterocycles. The smallest absolute Gasteiger partial charge is 0.344 e. The quantitative estimate of drug-likeness (QED) is 0.304. The molecular weight excluding hydrogens is 378 g/mol. The van der Waals surface area contributed by atoms with Crippen LogP contribution in [-0.4, -0.2) is 37.1 Å². The van der Waals surface area contributed by atoms with E-state index in [1.165, 1.54) is 7.11 Å². The van der Waals surface area contributed by atoms with Crippen LogP contribution < -0.4 is 20.2 Å². The number of nitrogens with one attached hydrogen (secondary N) is 2. The van der Waals surface area contributed by atoms with Gasteiger partial charge in [0.1, 0.15) is 0 Å². The van der Waals surface area contributed by atoms with E-state index in [4.69, 9.17) is 26.4 Å². The van der Waals surface area contributed by atoms with E-state index < -0.39 is 5.97 Å². The van der Waals surface area contributed by atoms with Crippen LogP contribution in [-0.2, 0) is 9.53 Å². The Labute approximate surface area is 169 Å². The van der Waals surface area contributed by atoms with Crippen molar-refractivity contribution in [3.05, 3.63) is 54.1 Å². The Kier molecular flexibility index (Phi) is 8.23. The van der Waals surface area contributed by atoms with Gasteiger partial charge in [-0.25, -0.2) is 4.79 Å². The van der Waals surface area contributed by atoms with E-state index >= 15 is 0 Å². The topological polar surface area (TPSA) is 81.2 Å². The summed E-state index contributed by atoms with van der Waals surface area (Å²) in [7, 11) is 1.52. The fourth-order valence-corrected chi connectivity index (χ4v) is 2.33. The lowest BCUT2D eigenvalue weighted by atomic mass is 10.2. The van der Waals surface area contributed by atoms with Crippen LogP contribution in [0.3, 0.4) is 0 Å². The number of benzene rings is 2. The molecule has 28 heavy (non-hydrogen) atoms. The lowest BCUT2D eigenvalue weighted by Gasteiger charge is -2.12. The van der Waals surface area contributed by atoms with Crippen LogP contribution in [0.15, 0.2) is 53.6 Å². The summed E-state index contributed by atoms with van der Waals surface area (Å²) in [6, 6.07) is 14.8. The van der Waals surface area contributed by atoms with Crippen LogP contribution in [0.25, 0.3) is 0 Å². The van der Waals surface area contributed by atoms with E-state index in [1.807, 2.05) is 30.3 Å². The minimum Gasteiger partial charge on any atom is -0.493 e. The Morgan fingerprint density at radius 2 is 1.93 bits per heavy atom. The first-order valence-corrected chi connectivity index (χ1v) is 9.04. The number of rotatable bonds is 8. The number of carbonyl (C=O) groups excluding carboxylic acids is 1. The van der Waals surface area contributed by atoms with E-state index in [0.717, 1.165) is 11.3 Å². The molecule has 2 aromatic carbocycles. The summed E-state index contributed by atoms with van der Waals surface area (Å²) >= 11 is 5.18. The van der Waals surface area contributed by atoms with Crippen molar-refractivity contribution in [3.8, 4) is 11.5 Å².